The molecule has 0 aliphatic carbocycles. The number of anilines is 1. The van der Waals surface area contributed by atoms with Crippen molar-refractivity contribution in [2.45, 2.75) is 26.3 Å². The second-order valence-corrected chi connectivity index (χ2v) is 6.46. The van der Waals surface area contributed by atoms with E-state index in [1.54, 1.807) is 6.20 Å². The highest BCUT2D eigenvalue weighted by atomic mass is 35.5. The molecule has 1 fully saturated rings. The molecular weight excluding hydrogens is 326 g/mol. The van der Waals surface area contributed by atoms with Crippen molar-refractivity contribution in [3.63, 3.8) is 0 Å². The van der Waals surface area contributed by atoms with Crippen molar-refractivity contribution < 1.29 is 4.79 Å². The van der Waals surface area contributed by atoms with Gasteiger partial charge in [-0.1, -0.05) is 11.6 Å². The fourth-order valence-corrected chi connectivity index (χ4v) is 3.02. The maximum atomic E-state index is 12.5. The second kappa shape index (κ2) is 7.66. The average Bonchev–Trinajstić information content (AvgIpc) is 2.84. The van der Waals surface area contributed by atoms with Crippen molar-refractivity contribution in [2.24, 2.45) is 0 Å². The molecule has 0 aromatic carbocycles. The van der Waals surface area contributed by atoms with Crippen molar-refractivity contribution in [3.8, 4) is 0 Å². The maximum Gasteiger partial charge on any atom is 0.224 e. The number of nitrogens with zero attached hydrogens (tertiary/aromatic N) is 5. The van der Waals surface area contributed by atoms with Crippen molar-refractivity contribution in [2.75, 3.05) is 31.1 Å². The standard InChI is InChI=1S/C17H22ClN5O/c1-14-5-9-23(20-14)10-6-17(24)22-8-2-7-21(11-12-22)16-4-3-15(18)13-19-16/h3-5,9,13H,2,6-8,10-12H2,1H3. The summed E-state index contributed by atoms with van der Waals surface area (Å²) in [5.41, 5.74) is 0.975. The minimum absolute atomic E-state index is 0.189. The molecule has 1 aliphatic heterocycles. The molecule has 0 saturated carbocycles. The first-order chi connectivity index (χ1) is 11.6. The zero-order chi connectivity index (χ0) is 16.9. The van der Waals surface area contributed by atoms with Crippen LogP contribution >= 0.6 is 11.6 Å². The molecular formula is C17H22ClN5O. The minimum atomic E-state index is 0.189. The number of aryl methyl sites for hydroxylation is 2. The highest BCUT2D eigenvalue weighted by Gasteiger charge is 2.19. The van der Waals surface area contributed by atoms with E-state index in [2.05, 4.69) is 15.0 Å². The fourth-order valence-electron chi connectivity index (χ4n) is 2.91. The van der Waals surface area contributed by atoms with E-state index in [-0.39, 0.29) is 5.91 Å². The Hall–Kier alpha value is -2.08. The van der Waals surface area contributed by atoms with E-state index in [0.717, 1.165) is 44.1 Å². The smallest absolute Gasteiger partial charge is 0.224 e. The number of rotatable bonds is 4. The number of hydrogen-bond donors (Lipinski definition) is 0. The first-order valence-corrected chi connectivity index (χ1v) is 8.64. The molecule has 7 heteroatoms. The van der Waals surface area contributed by atoms with E-state index in [9.17, 15) is 4.79 Å². The molecule has 2 aromatic heterocycles. The van der Waals surface area contributed by atoms with Crippen LogP contribution in [0.2, 0.25) is 5.02 Å². The molecule has 0 unspecified atom stereocenters. The largest absolute Gasteiger partial charge is 0.355 e. The van der Waals surface area contributed by atoms with Crippen molar-refractivity contribution in [1.82, 2.24) is 19.7 Å². The van der Waals surface area contributed by atoms with Gasteiger partial charge < -0.3 is 9.80 Å². The molecule has 0 spiro atoms. The molecule has 0 atom stereocenters. The summed E-state index contributed by atoms with van der Waals surface area (Å²) in [6.45, 7) is 5.79. The van der Waals surface area contributed by atoms with Crippen molar-refractivity contribution in [3.05, 3.63) is 41.3 Å². The van der Waals surface area contributed by atoms with Gasteiger partial charge in [0.25, 0.3) is 0 Å². The number of pyridine rings is 1. The lowest BCUT2D eigenvalue weighted by Crippen LogP contribution is -2.35. The van der Waals surface area contributed by atoms with Crippen LogP contribution in [0.25, 0.3) is 0 Å². The van der Waals surface area contributed by atoms with Crippen LogP contribution in [0, 0.1) is 6.92 Å². The van der Waals surface area contributed by atoms with Crippen molar-refractivity contribution >= 4 is 23.3 Å². The summed E-state index contributed by atoms with van der Waals surface area (Å²) >= 11 is 5.89. The van der Waals surface area contributed by atoms with Gasteiger partial charge in [0.2, 0.25) is 5.91 Å². The number of aromatic nitrogens is 3. The molecule has 1 amide bonds. The predicted octanol–water partition coefficient (Wildman–Crippen LogP) is 2.37. The zero-order valence-corrected chi connectivity index (χ0v) is 14.6. The summed E-state index contributed by atoms with van der Waals surface area (Å²) in [4.78, 5) is 21.0. The van der Waals surface area contributed by atoms with Crippen LogP contribution in [0.15, 0.2) is 30.6 Å². The molecule has 1 saturated heterocycles. The Kier molecular flexibility index (Phi) is 5.35. The zero-order valence-electron chi connectivity index (χ0n) is 13.9. The van der Waals surface area contributed by atoms with E-state index < -0.39 is 0 Å². The summed E-state index contributed by atoms with van der Waals surface area (Å²) in [6, 6.07) is 5.73. The van der Waals surface area contributed by atoms with Gasteiger partial charge in [0.05, 0.1) is 10.7 Å². The first kappa shape index (κ1) is 16.8. The van der Waals surface area contributed by atoms with E-state index in [0.29, 0.717) is 18.0 Å². The van der Waals surface area contributed by atoms with Gasteiger partial charge in [-0.2, -0.15) is 5.10 Å². The Morgan fingerprint density at radius 3 is 2.79 bits per heavy atom. The Bertz CT molecular complexity index is 685. The number of amides is 1. The highest BCUT2D eigenvalue weighted by molar-refractivity contribution is 6.30. The molecule has 1 aliphatic rings. The lowest BCUT2D eigenvalue weighted by molar-refractivity contribution is -0.131. The molecule has 2 aromatic rings. The Balaban J connectivity index is 1.52. The summed E-state index contributed by atoms with van der Waals surface area (Å²) in [6.07, 6.45) is 5.01. The third-order valence-corrected chi connectivity index (χ3v) is 4.44. The van der Waals surface area contributed by atoms with Gasteiger partial charge in [-0.3, -0.25) is 9.48 Å². The number of hydrogen-bond acceptors (Lipinski definition) is 4. The molecule has 3 rings (SSSR count). The van der Waals surface area contributed by atoms with Crippen LogP contribution in [0.1, 0.15) is 18.5 Å². The normalized spacial score (nSPS) is 15.4. The third-order valence-electron chi connectivity index (χ3n) is 4.21. The number of halogens is 1. The monoisotopic (exact) mass is 347 g/mol. The Labute approximate surface area is 147 Å². The van der Waals surface area contributed by atoms with E-state index >= 15 is 0 Å². The van der Waals surface area contributed by atoms with Crippen LogP contribution < -0.4 is 4.90 Å². The van der Waals surface area contributed by atoms with Gasteiger partial charge in [0, 0.05) is 51.5 Å². The summed E-state index contributed by atoms with van der Waals surface area (Å²) in [7, 11) is 0. The lowest BCUT2D eigenvalue weighted by atomic mass is 10.3. The maximum absolute atomic E-state index is 12.5. The molecule has 3 heterocycles. The number of carbonyl (C=O) groups excluding carboxylic acids is 1. The first-order valence-electron chi connectivity index (χ1n) is 8.26. The minimum Gasteiger partial charge on any atom is -0.355 e. The molecule has 24 heavy (non-hydrogen) atoms. The topological polar surface area (TPSA) is 54.3 Å². The third kappa shape index (κ3) is 4.26. The molecule has 0 bridgehead atoms. The molecule has 0 radical (unpaired) electrons. The van der Waals surface area contributed by atoms with Crippen LogP contribution in [-0.2, 0) is 11.3 Å². The van der Waals surface area contributed by atoms with Crippen LogP contribution in [0.3, 0.4) is 0 Å². The van der Waals surface area contributed by atoms with E-state index in [4.69, 9.17) is 11.6 Å². The quantitative estimate of drug-likeness (QED) is 0.852. The average molecular weight is 348 g/mol. The second-order valence-electron chi connectivity index (χ2n) is 6.03. The molecule has 128 valence electrons. The van der Waals surface area contributed by atoms with Gasteiger partial charge in [-0.05, 0) is 31.5 Å². The van der Waals surface area contributed by atoms with Gasteiger partial charge in [0.15, 0.2) is 0 Å². The van der Waals surface area contributed by atoms with E-state index in [1.165, 1.54) is 0 Å². The summed E-state index contributed by atoms with van der Waals surface area (Å²) < 4.78 is 1.83. The van der Waals surface area contributed by atoms with Gasteiger partial charge >= 0.3 is 0 Å². The summed E-state index contributed by atoms with van der Waals surface area (Å²) in [5.74, 6) is 1.11. The Morgan fingerprint density at radius 1 is 1.21 bits per heavy atom. The van der Waals surface area contributed by atoms with Crippen LogP contribution in [0.4, 0.5) is 5.82 Å². The van der Waals surface area contributed by atoms with Gasteiger partial charge in [-0.25, -0.2) is 4.98 Å². The van der Waals surface area contributed by atoms with Crippen LogP contribution in [-0.4, -0.2) is 51.8 Å². The molecule has 6 nitrogen and oxygen atoms in total. The van der Waals surface area contributed by atoms with Crippen molar-refractivity contribution in [1.29, 1.82) is 0 Å². The Morgan fingerprint density at radius 2 is 2.08 bits per heavy atom. The summed E-state index contributed by atoms with van der Waals surface area (Å²) in [5, 5.41) is 4.96. The van der Waals surface area contributed by atoms with Gasteiger partial charge in [0.1, 0.15) is 5.82 Å². The lowest BCUT2D eigenvalue weighted by Gasteiger charge is -2.23. The molecule has 0 N–H and O–H groups in total. The SMILES string of the molecule is Cc1ccn(CCC(=O)N2CCCN(c3ccc(Cl)cn3)CC2)n1. The predicted molar refractivity (Wildman–Crippen MR) is 94.2 cm³/mol. The van der Waals surface area contributed by atoms with Gasteiger partial charge in [-0.15, -0.1) is 0 Å². The van der Waals surface area contributed by atoms with Crippen LogP contribution in [0.5, 0.6) is 0 Å². The van der Waals surface area contributed by atoms with E-state index in [1.807, 2.05) is 40.9 Å². The highest BCUT2D eigenvalue weighted by Crippen LogP contribution is 2.16. The number of carbonyl (C=O) groups is 1. The fraction of sp³-hybridized carbons (Fsp3) is 0.471.